The van der Waals surface area contributed by atoms with Gasteiger partial charge in [0.25, 0.3) is 0 Å². The molecule has 0 aromatic carbocycles. The maximum Gasteiger partial charge on any atom is 0.329 e. The Hall–Kier alpha value is -3.25. The lowest BCUT2D eigenvalue weighted by Crippen LogP contribution is -2.50. The normalized spacial score (nSPS) is 26.6. The van der Waals surface area contributed by atoms with Gasteiger partial charge in [-0.1, -0.05) is 40.0 Å². The number of amides is 1. The standard InChI is InChI=1S/C28H43N5O7/c1-16(34)32-23(27(2,3)4)26(37)38-14-19-22(39-21(35)13-17-9-7-6-8-10-17)24(36)28(5,40-19)20-12-11-18(33-20)25(30)31-15-29/h11-12,15,17,19,22-24,33,36H,6-10,13-14H2,1-5H3,(H,32,34)(H3,29,30,31)/t19-,22-,23-,24-,28+/m1/s1. The highest BCUT2D eigenvalue weighted by atomic mass is 16.6. The molecule has 0 bridgehead atoms. The molecule has 0 spiro atoms. The van der Waals surface area contributed by atoms with Crippen molar-refractivity contribution in [3.8, 4) is 0 Å². The molecule has 1 aromatic rings. The number of aliphatic imine (C=N–C) groups is 1. The van der Waals surface area contributed by atoms with E-state index in [2.05, 4.69) is 15.3 Å². The molecule has 5 atom stereocenters. The number of carbonyl (C=O) groups is 3. The van der Waals surface area contributed by atoms with Crippen molar-refractivity contribution in [2.45, 2.75) is 103 Å². The van der Waals surface area contributed by atoms with E-state index in [-0.39, 0.29) is 30.7 Å². The van der Waals surface area contributed by atoms with Crippen molar-refractivity contribution in [2.75, 3.05) is 6.61 Å². The van der Waals surface area contributed by atoms with Gasteiger partial charge in [0.2, 0.25) is 5.91 Å². The molecule has 3 rings (SSSR count). The lowest BCUT2D eigenvalue weighted by atomic mass is 9.86. The van der Waals surface area contributed by atoms with Crippen LogP contribution in [0.5, 0.6) is 0 Å². The summed E-state index contributed by atoms with van der Waals surface area (Å²) in [6.07, 6.45) is 2.86. The Morgan fingerprint density at radius 2 is 1.98 bits per heavy atom. The van der Waals surface area contributed by atoms with Crippen LogP contribution < -0.4 is 11.1 Å². The predicted octanol–water partition coefficient (Wildman–Crippen LogP) is 2.28. The summed E-state index contributed by atoms with van der Waals surface area (Å²) in [6, 6.07) is 2.38. The molecule has 0 unspecified atom stereocenters. The summed E-state index contributed by atoms with van der Waals surface area (Å²) < 4.78 is 17.6. The van der Waals surface area contributed by atoms with Crippen LogP contribution in [-0.2, 0) is 34.2 Å². The van der Waals surface area contributed by atoms with Gasteiger partial charge in [-0.15, -0.1) is 0 Å². The van der Waals surface area contributed by atoms with Gasteiger partial charge < -0.3 is 35.4 Å². The summed E-state index contributed by atoms with van der Waals surface area (Å²) >= 11 is 0. The van der Waals surface area contributed by atoms with Gasteiger partial charge in [-0.05, 0) is 43.2 Å². The minimum absolute atomic E-state index is 0.0736. The number of rotatable bonds is 10. The van der Waals surface area contributed by atoms with Crippen molar-refractivity contribution in [3.05, 3.63) is 23.5 Å². The highest BCUT2D eigenvalue weighted by molar-refractivity contribution is 5.99. The molecule has 1 aromatic heterocycles. The molecule has 6 N–H and O–H groups in total. The lowest BCUT2D eigenvalue weighted by Gasteiger charge is -2.30. The Balaban J connectivity index is 1.82. The van der Waals surface area contributed by atoms with Crippen LogP contribution >= 0.6 is 0 Å². The van der Waals surface area contributed by atoms with Crippen LogP contribution in [0.25, 0.3) is 0 Å². The molecule has 1 aliphatic heterocycles. The Kier molecular flexibility index (Phi) is 10.1. The van der Waals surface area contributed by atoms with Gasteiger partial charge in [-0.25, -0.2) is 9.79 Å². The molecule has 12 nitrogen and oxygen atoms in total. The first-order valence-electron chi connectivity index (χ1n) is 13.8. The zero-order valence-corrected chi connectivity index (χ0v) is 24.0. The van der Waals surface area contributed by atoms with Crippen LogP contribution in [-0.4, -0.2) is 71.1 Å². The molecule has 2 fully saturated rings. The monoisotopic (exact) mass is 561 g/mol. The zero-order valence-electron chi connectivity index (χ0n) is 24.0. The van der Waals surface area contributed by atoms with E-state index in [1.165, 1.54) is 6.92 Å². The highest BCUT2D eigenvalue weighted by Crippen LogP contribution is 2.41. The van der Waals surface area contributed by atoms with Crippen molar-refractivity contribution >= 4 is 30.0 Å². The number of nitrogens with two attached hydrogens (primary N) is 1. The van der Waals surface area contributed by atoms with E-state index >= 15 is 0 Å². The van der Waals surface area contributed by atoms with Gasteiger partial charge in [-0.3, -0.25) is 15.0 Å². The van der Waals surface area contributed by atoms with E-state index in [0.717, 1.165) is 38.4 Å². The molecule has 0 radical (unpaired) electrons. The number of aromatic amines is 1. The largest absolute Gasteiger partial charge is 0.461 e. The molecule has 222 valence electrons. The number of nitrogens with zero attached hydrogens (tertiary/aromatic N) is 1. The van der Waals surface area contributed by atoms with Gasteiger partial charge in [0.05, 0.1) is 11.4 Å². The Morgan fingerprint density at radius 3 is 2.58 bits per heavy atom. The van der Waals surface area contributed by atoms with Crippen LogP contribution in [0.4, 0.5) is 0 Å². The average Bonchev–Trinajstić information content (AvgIpc) is 3.47. The third-order valence-electron chi connectivity index (χ3n) is 7.63. The molecule has 2 heterocycles. The minimum atomic E-state index is -1.38. The summed E-state index contributed by atoms with van der Waals surface area (Å²) in [5.74, 6) is -1.18. The van der Waals surface area contributed by atoms with Crippen molar-refractivity contribution in [3.63, 3.8) is 0 Å². The first-order valence-corrected chi connectivity index (χ1v) is 13.8. The molecule has 1 amide bonds. The number of hydrogen-bond acceptors (Lipinski definition) is 8. The number of nitrogens with one attached hydrogen (secondary N) is 3. The molecule has 1 aliphatic carbocycles. The number of H-pyrrole nitrogens is 1. The van der Waals surface area contributed by atoms with Crippen LogP contribution in [0.15, 0.2) is 17.1 Å². The first kappa shape index (κ1) is 31.3. The number of esters is 2. The zero-order chi connectivity index (χ0) is 29.7. The number of aromatic nitrogens is 1. The van der Waals surface area contributed by atoms with Gasteiger partial charge >= 0.3 is 11.9 Å². The second-order valence-electron chi connectivity index (χ2n) is 11.9. The molecule has 40 heavy (non-hydrogen) atoms. The Bertz CT molecular complexity index is 1100. The van der Waals surface area contributed by atoms with Gasteiger partial charge in [0.15, 0.2) is 6.10 Å². The third-order valence-corrected chi connectivity index (χ3v) is 7.63. The highest BCUT2D eigenvalue weighted by Gasteiger charge is 2.56. The van der Waals surface area contributed by atoms with Crippen molar-refractivity contribution < 1.29 is 33.7 Å². The smallest absolute Gasteiger partial charge is 0.329 e. The van der Waals surface area contributed by atoms with Crippen molar-refractivity contribution in [1.29, 1.82) is 5.41 Å². The topological polar surface area (TPSA) is 189 Å². The molecule has 1 saturated carbocycles. The van der Waals surface area contributed by atoms with E-state index in [4.69, 9.17) is 25.4 Å². The van der Waals surface area contributed by atoms with Gasteiger partial charge in [0, 0.05) is 13.3 Å². The van der Waals surface area contributed by atoms with Gasteiger partial charge in [0.1, 0.15) is 42.6 Å². The summed E-state index contributed by atoms with van der Waals surface area (Å²) in [7, 11) is 0. The third kappa shape index (κ3) is 7.48. The maximum atomic E-state index is 13.0. The molecule has 1 saturated heterocycles. The number of aliphatic hydroxyl groups excluding tert-OH is 1. The van der Waals surface area contributed by atoms with E-state index < -0.39 is 47.3 Å². The fraction of sp³-hybridized carbons (Fsp3) is 0.679. The van der Waals surface area contributed by atoms with Crippen molar-refractivity contribution in [2.24, 2.45) is 22.1 Å². The van der Waals surface area contributed by atoms with Crippen LogP contribution in [0.2, 0.25) is 0 Å². The number of amidine groups is 1. The Morgan fingerprint density at radius 1 is 1.30 bits per heavy atom. The van der Waals surface area contributed by atoms with E-state index in [9.17, 15) is 19.5 Å². The maximum absolute atomic E-state index is 13.0. The summed E-state index contributed by atoms with van der Waals surface area (Å²) in [6.45, 7) is 8.04. The fourth-order valence-electron chi connectivity index (χ4n) is 5.34. The molecular weight excluding hydrogens is 518 g/mol. The quantitative estimate of drug-likeness (QED) is 0.163. The first-order chi connectivity index (χ1) is 18.8. The van der Waals surface area contributed by atoms with Crippen molar-refractivity contribution in [1.82, 2.24) is 10.3 Å². The molecule has 2 aliphatic rings. The van der Waals surface area contributed by atoms with Crippen LogP contribution in [0, 0.1) is 16.7 Å². The minimum Gasteiger partial charge on any atom is -0.461 e. The number of aliphatic hydroxyl groups is 1. The van der Waals surface area contributed by atoms with E-state index in [1.807, 2.05) is 0 Å². The SMILES string of the molecule is CC(=O)N[C@H](C(=O)OC[C@H]1O[C@@](C)(c2ccc(/C(N)=N\C=N)[nH]2)[C@H](O)[C@@H]1OC(=O)CC1CCCCC1)C(C)(C)C. The molecular formula is C28H43N5O7. The fourth-order valence-corrected chi connectivity index (χ4v) is 5.34. The number of hydrogen-bond donors (Lipinski definition) is 5. The number of carbonyl (C=O) groups excluding carboxylic acids is 3. The summed E-state index contributed by atoms with van der Waals surface area (Å²) in [5, 5.41) is 21.2. The summed E-state index contributed by atoms with van der Waals surface area (Å²) in [5.41, 5.74) is 4.74. The lowest BCUT2D eigenvalue weighted by molar-refractivity contribution is -0.164. The second kappa shape index (κ2) is 12.9. The van der Waals surface area contributed by atoms with E-state index in [0.29, 0.717) is 11.4 Å². The Labute approximate surface area is 234 Å². The van der Waals surface area contributed by atoms with Crippen LogP contribution in [0.3, 0.4) is 0 Å². The second-order valence-corrected chi connectivity index (χ2v) is 11.9. The van der Waals surface area contributed by atoms with Gasteiger partial charge in [-0.2, -0.15) is 0 Å². The van der Waals surface area contributed by atoms with E-state index in [1.54, 1.807) is 39.8 Å². The molecule has 12 heteroatoms. The average molecular weight is 562 g/mol. The van der Waals surface area contributed by atoms with Crippen LogP contribution in [0.1, 0.15) is 84.5 Å². The summed E-state index contributed by atoms with van der Waals surface area (Å²) in [4.78, 5) is 44.5. The number of ether oxygens (including phenoxy) is 3. The predicted molar refractivity (Wildman–Crippen MR) is 148 cm³/mol.